The highest BCUT2D eigenvalue weighted by Gasteiger charge is 2.76. The van der Waals surface area contributed by atoms with Gasteiger partial charge in [-0.05, 0) is 31.9 Å². The molecule has 2 amide bonds. The van der Waals surface area contributed by atoms with Gasteiger partial charge in [0.25, 0.3) is 5.91 Å². The number of carbonyl (C=O) groups excluding carboxylic acids is 2. The molecule has 0 atom stereocenters. The number of hydrazone groups is 1. The van der Waals surface area contributed by atoms with Crippen LogP contribution in [-0.2, 0) is 11.2 Å². The van der Waals surface area contributed by atoms with Crippen LogP contribution in [0.15, 0.2) is 39.9 Å². The number of halogens is 7. The number of hydrogen-bond donors (Lipinski definition) is 2. The van der Waals surface area contributed by atoms with Gasteiger partial charge in [0.15, 0.2) is 5.76 Å². The lowest BCUT2D eigenvalue weighted by Gasteiger charge is -2.26. The van der Waals surface area contributed by atoms with Crippen LogP contribution in [0.1, 0.15) is 40.3 Å². The molecule has 1 aliphatic carbocycles. The maximum absolute atomic E-state index is 13.5. The molecule has 1 aromatic heterocycles. The number of benzene rings is 1. The fourth-order valence-corrected chi connectivity index (χ4v) is 3.22. The van der Waals surface area contributed by atoms with E-state index in [1.165, 1.54) is 6.92 Å². The molecule has 0 saturated carbocycles. The minimum absolute atomic E-state index is 0.0641. The molecule has 1 aromatic carbocycles. The lowest BCUT2D eigenvalue weighted by molar-refractivity contribution is -0.344. The van der Waals surface area contributed by atoms with Crippen LogP contribution in [0.2, 0.25) is 0 Å². The Balaban J connectivity index is 1.85. The van der Waals surface area contributed by atoms with Crippen molar-refractivity contribution in [3.63, 3.8) is 0 Å². The van der Waals surface area contributed by atoms with Crippen LogP contribution in [0, 0.1) is 6.92 Å². The molecule has 0 saturated heterocycles. The van der Waals surface area contributed by atoms with Gasteiger partial charge in [0.05, 0.1) is 5.71 Å². The number of alkyl halides is 7. The molecule has 2 aromatic rings. The van der Waals surface area contributed by atoms with Crippen molar-refractivity contribution in [2.45, 2.75) is 44.2 Å². The van der Waals surface area contributed by atoms with Crippen molar-refractivity contribution in [2.75, 3.05) is 5.32 Å². The average molecular weight is 479 g/mol. The first-order chi connectivity index (χ1) is 15.3. The first kappa shape index (κ1) is 24.3. The molecule has 0 unspecified atom stereocenters. The standard InChI is InChI=1S/C20H16F7N3O3/c1-10-14-12(29-30-17(32)18(21,22)19(23,24)20(25,26)27)8-5-9-13(14)33-15(10)16(31)28-11-6-3-2-4-7-11/h2-4,6-7H,5,8-9H2,1H3,(H,28,31)(H,30,32)/b29-12+. The second kappa shape index (κ2) is 8.52. The van der Waals surface area contributed by atoms with Gasteiger partial charge >= 0.3 is 23.9 Å². The van der Waals surface area contributed by atoms with Crippen molar-refractivity contribution in [3.05, 3.63) is 53.0 Å². The molecule has 1 aliphatic rings. The van der Waals surface area contributed by atoms with Crippen molar-refractivity contribution >= 4 is 23.2 Å². The molecule has 33 heavy (non-hydrogen) atoms. The normalized spacial score (nSPS) is 15.8. The number of amides is 2. The predicted octanol–water partition coefficient (Wildman–Crippen LogP) is 4.83. The topological polar surface area (TPSA) is 83.7 Å². The zero-order valence-electron chi connectivity index (χ0n) is 16.8. The van der Waals surface area contributed by atoms with Gasteiger partial charge in [-0.25, -0.2) is 5.43 Å². The summed E-state index contributed by atoms with van der Waals surface area (Å²) in [6.07, 6.45) is -5.93. The second-order valence-corrected chi connectivity index (χ2v) is 7.17. The Bertz CT molecular complexity index is 1090. The van der Waals surface area contributed by atoms with E-state index in [0.29, 0.717) is 18.5 Å². The van der Waals surface area contributed by atoms with Gasteiger partial charge in [-0.3, -0.25) is 9.59 Å². The molecule has 0 fully saturated rings. The van der Waals surface area contributed by atoms with Crippen LogP contribution in [0.3, 0.4) is 0 Å². The Labute approximate surface area is 181 Å². The molecule has 0 radical (unpaired) electrons. The SMILES string of the molecule is Cc1c(C(=O)Nc2ccccc2)oc2c1/C(=N/NC(=O)C(F)(F)C(F)(F)C(F)(F)F)CCC2. The Morgan fingerprint density at radius 1 is 1.00 bits per heavy atom. The maximum atomic E-state index is 13.5. The number of anilines is 1. The van der Waals surface area contributed by atoms with Crippen LogP contribution >= 0.6 is 0 Å². The van der Waals surface area contributed by atoms with Crippen molar-refractivity contribution in [1.29, 1.82) is 0 Å². The Kier molecular flexibility index (Phi) is 6.27. The number of rotatable bonds is 5. The van der Waals surface area contributed by atoms with E-state index in [2.05, 4.69) is 10.4 Å². The van der Waals surface area contributed by atoms with E-state index >= 15 is 0 Å². The first-order valence-electron chi connectivity index (χ1n) is 9.45. The van der Waals surface area contributed by atoms with E-state index in [1.54, 1.807) is 30.3 Å². The van der Waals surface area contributed by atoms with Gasteiger partial charge in [-0.1, -0.05) is 18.2 Å². The van der Waals surface area contributed by atoms with Crippen molar-refractivity contribution in [1.82, 2.24) is 5.43 Å². The van der Waals surface area contributed by atoms with Gasteiger partial charge in [-0.15, -0.1) is 0 Å². The molecular formula is C20H16F7N3O3. The Morgan fingerprint density at radius 2 is 1.64 bits per heavy atom. The summed E-state index contributed by atoms with van der Waals surface area (Å²) in [5.41, 5.74) is 1.88. The third-order valence-corrected chi connectivity index (χ3v) is 4.89. The van der Waals surface area contributed by atoms with Crippen LogP contribution in [0.4, 0.5) is 36.4 Å². The zero-order valence-corrected chi connectivity index (χ0v) is 16.8. The Morgan fingerprint density at radius 3 is 2.24 bits per heavy atom. The summed E-state index contributed by atoms with van der Waals surface area (Å²) < 4.78 is 95.5. The fraction of sp³-hybridized carbons (Fsp3) is 0.350. The zero-order chi connectivity index (χ0) is 24.6. The predicted molar refractivity (Wildman–Crippen MR) is 101 cm³/mol. The van der Waals surface area contributed by atoms with Crippen molar-refractivity contribution in [3.8, 4) is 0 Å². The van der Waals surface area contributed by atoms with E-state index in [0.717, 1.165) is 5.43 Å². The largest absolute Gasteiger partial charge is 0.460 e. The monoisotopic (exact) mass is 479 g/mol. The van der Waals surface area contributed by atoms with Gasteiger partial charge in [0.2, 0.25) is 0 Å². The lowest BCUT2D eigenvalue weighted by atomic mass is 9.93. The van der Waals surface area contributed by atoms with Crippen LogP contribution in [0.5, 0.6) is 0 Å². The fourth-order valence-electron chi connectivity index (χ4n) is 3.22. The first-order valence-corrected chi connectivity index (χ1v) is 9.45. The quantitative estimate of drug-likeness (QED) is 0.476. The number of aryl methyl sites for hydroxylation is 1. The van der Waals surface area contributed by atoms with Gasteiger partial charge in [-0.2, -0.15) is 35.8 Å². The number of nitrogens with zero attached hydrogens (tertiary/aromatic N) is 1. The number of para-hydroxylation sites is 1. The molecule has 0 spiro atoms. The Hall–Kier alpha value is -3.38. The van der Waals surface area contributed by atoms with E-state index in [9.17, 15) is 40.3 Å². The van der Waals surface area contributed by atoms with Crippen LogP contribution in [0.25, 0.3) is 0 Å². The molecule has 13 heteroatoms. The van der Waals surface area contributed by atoms with Gasteiger partial charge in [0.1, 0.15) is 5.76 Å². The van der Waals surface area contributed by atoms with Gasteiger partial charge < -0.3 is 9.73 Å². The minimum atomic E-state index is -6.65. The summed E-state index contributed by atoms with van der Waals surface area (Å²) in [6.45, 7) is 1.46. The molecule has 2 N–H and O–H groups in total. The molecule has 3 rings (SSSR count). The summed E-state index contributed by atoms with van der Waals surface area (Å²) in [7, 11) is 0. The molecule has 1 heterocycles. The smallest absolute Gasteiger partial charge is 0.455 e. The van der Waals surface area contributed by atoms with Crippen molar-refractivity contribution < 1.29 is 44.7 Å². The number of furan rings is 1. The highest BCUT2D eigenvalue weighted by molar-refractivity contribution is 6.09. The van der Waals surface area contributed by atoms with Crippen molar-refractivity contribution in [2.24, 2.45) is 5.10 Å². The number of carbonyl (C=O) groups is 2. The van der Waals surface area contributed by atoms with E-state index in [1.807, 2.05) is 0 Å². The van der Waals surface area contributed by atoms with E-state index in [-0.39, 0.29) is 34.8 Å². The molecule has 6 nitrogen and oxygen atoms in total. The lowest BCUT2D eigenvalue weighted by Crippen LogP contribution is -2.58. The summed E-state index contributed by atoms with van der Waals surface area (Å²) in [6, 6.07) is 8.34. The summed E-state index contributed by atoms with van der Waals surface area (Å²) in [5.74, 6) is -16.1. The number of hydrogen-bond acceptors (Lipinski definition) is 4. The van der Waals surface area contributed by atoms with E-state index < -0.39 is 29.8 Å². The average Bonchev–Trinajstić information content (AvgIpc) is 3.09. The second-order valence-electron chi connectivity index (χ2n) is 7.17. The number of nitrogens with one attached hydrogen (secondary N) is 2. The highest BCUT2D eigenvalue weighted by Crippen LogP contribution is 2.46. The third-order valence-electron chi connectivity index (χ3n) is 4.89. The molecular weight excluding hydrogens is 463 g/mol. The number of fused-ring (bicyclic) bond motifs is 1. The van der Waals surface area contributed by atoms with Crippen LogP contribution in [-0.4, -0.2) is 35.5 Å². The summed E-state index contributed by atoms with van der Waals surface area (Å²) >= 11 is 0. The molecule has 0 aliphatic heterocycles. The molecule has 0 bridgehead atoms. The molecule has 178 valence electrons. The highest BCUT2D eigenvalue weighted by atomic mass is 19.4. The third kappa shape index (κ3) is 4.44. The van der Waals surface area contributed by atoms with E-state index in [4.69, 9.17) is 4.42 Å². The van der Waals surface area contributed by atoms with Crippen LogP contribution < -0.4 is 10.7 Å². The maximum Gasteiger partial charge on any atom is 0.460 e. The van der Waals surface area contributed by atoms with Gasteiger partial charge in [0, 0.05) is 23.2 Å². The summed E-state index contributed by atoms with van der Waals surface area (Å²) in [4.78, 5) is 24.0. The summed E-state index contributed by atoms with van der Waals surface area (Å²) in [5, 5.41) is 5.94. The minimum Gasteiger partial charge on any atom is -0.455 e.